The summed E-state index contributed by atoms with van der Waals surface area (Å²) in [6.45, 7) is 7.27. The van der Waals surface area contributed by atoms with Gasteiger partial charge in [-0.1, -0.05) is 12.7 Å². The van der Waals surface area contributed by atoms with Gasteiger partial charge in [-0.3, -0.25) is 9.59 Å². The molecule has 0 aromatic heterocycles. The summed E-state index contributed by atoms with van der Waals surface area (Å²) in [5.74, 6) is -0.384. The van der Waals surface area contributed by atoms with E-state index in [9.17, 15) is 14.7 Å². The molecule has 0 saturated heterocycles. The zero-order chi connectivity index (χ0) is 14.5. The fraction of sp³-hybridized carbons (Fsp3) is 0.600. The lowest BCUT2D eigenvalue weighted by Crippen LogP contribution is -2.16. The summed E-state index contributed by atoms with van der Waals surface area (Å²) in [6, 6.07) is 0. The number of rotatable bonds is 12. The normalized spacial score (nSPS) is 11.6. The first-order chi connectivity index (χ1) is 9.10. The SMILES string of the molecule is C=CCCCC(O)CC(=O)OCCCCC(=O)C=C. The Morgan fingerprint density at radius 3 is 2.58 bits per heavy atom. The molecule has 1 unspecified atom stereocenters. The van der Waals surface area contributed by atoms with Gasteiger partial charge >= 0.3 is 5.97 Å². The number of unbranched alkanes of at least 4 members (excludes halogenated alkanes) is 2. The molecule has 108 valence electrons. The summed E-state index contributed by atoms with van der Waals surface area (Å²) in [6.07, 6.45) is 6.47. The topological polar surface area (TPSA) is 63.6 Å². The molecule has 0 saturated carbocycles. The van der Waals surface area contributed by atoms with Gasteiger partial charge in [0.2, 0.25) is 0 Å². The van der Waals surface area contributed by atoms with Crippen LogP contribution in [0.2, 0.25) is 0 Å². The van der Waals surface area contributed by atoms with Crippen molar-refractivity contribution >= 4 is 11.8 Å². The molecular weight excluding hydrogens is 244 g/mol. The van der Waals surface area contributed by atoms with E-state index in [2.05, 4.69) is 13.2 Å². The average Bonchev–Trinajstić information content (AvgIpc) is 2.38. The van der Waals surface area contributed by atoms with Crippen LogP contribution in [0.1, 0.15) is 44.9 Å². The second-order valence-electron chi connectivity index (χ2n) is 4.43. The van der Waals surface area contributed by atoms with Gasteiger partial charge in [0, 0.05) is 6.42 Å². The number of ether oxygens (including phenoxy) is 1. The zero-order valence-corrected chi connectivity index (χ0v) is 11.5. The van der Waals surface area contributed by atoms with Crippen LogP contribution in [0.25, 0.3) is 0 Å². The number of ketones is 1. The smallest absolute Gasteiger partial charge is 0.308 e. The summed E-state index contributed by atoms with van der Waals surface area (Å²) >= 11 is 0. The zero-order valence-electron chi connectivity index (χ0n) is 11.5. The highest BCUT2D eigenvalue weighted by Gasteiger charge is 2.11. The van der Waals surface area contributed by atoms with Crippen molar-refractivity contribution in [1.29, 1.82) is 0 Å². The highest BCUT2D eigenvalue weighted by Crippen LogP contribution is 2.06. The van der Waals surface area contributed by atoms with Gasteiger partial charge in [0.1, 0.15) is 0 Å². The summed E-state index contributed by atoms with van der Waals surface area (Å²) < 4.78 is 4.98. The maximum atomic E-state index is 11.4. The van der Waals surface area contributed by atoms with Crippen molar-refractivity contribution in [1.82, 2.24) is 0 Å². The van der Waals surface area contributed by atoms with E-state index in [0.717, 1.165) is 12.8 Å². The van der Waals surface area contributed by atoms with Crippen LogP contribution >= 0.6 is 0 Å². The van der Waals surface area contributed by atoms with E-state index in [1.54, 1.807) is 6.08 Å². The van der Waals surface area contributed by atoms with E-state index in [1.807, 2.05) is 0 Å². The van der Waals surface area contributed by atoms with Gasteiger partial charge in [-0.2, -0.15) is 0 Å². The van der Waals surface area contributed by atoms with Gasteiger partial charge < -0.3 is 9.84 Å². The van der Waals surface area contributed by atoms with Crippen molar-refractivity contribution in [2.45, 2.75) is 51.0 Å². The van der Waals surface area contributed by atoms with Crippen molar-refractivity contribution in [2.75, 3.05) is 6.61 Å². The molecule has 1 N–H and O–H groups in total. The van der Waals surface area contributed by atoms with Crippen molar-refractivity contribution in [3.8, 4) is 0 Å². The Morgan fingerprint density at radius 2 is 1.95 bits per heavy atom. The third-order valence-electron chi connectivity index (χ3n) is 2.66. The van der Waals surface area contributed by atoms with Crippen LogP contribution in [0, 0.1) is 0 Å². The van der Waals surface area contributed by atoms with Gasteiger partial charge in [-0.25, -0.2) is 0 Å². The van der Waals surface area contributed by atoms with Crippen LogP contribution in [0.3, 0.4) is 0 Å². The molecule has 0 aromatic rings. The number of esters is 1. The lowest BCUT2D eigenvalue weighted by molar-refractivity contribution is -0.146. The third kappa shape index (κ3) is 11.4. The summed E-state index contributed by atoms with van der Waals surface area (Å²) in [7, 11) is 0. The number of carbonyl (C=O) groups excluding carboxylic acids is 2. The Morgan fingerprint density at radius 1 is 1.21 bits per heavy atom. The molecule has 0 rings (SSSR count). The quantitative estimate of drug-likeness (QED) is 0.256. The largest absolute Gasteiger partial charge is 0.466 e. The van der Waals surface area contributed by atoms with Gasteiger partial charge in [0.15, 0.2) is 5.78 Å². The lowest BCUT2D eigenvalue weighted by Gasteiger charge is -2.09. The molecule has 1 atom stereocenters. The fourth-order valence-corrected chi connectivity index (χ4v) is 1.54. The van der Waals surface area contributed by atoms with E-state index in [4.69, 9.17) is 4.74 Å². The standard InChI is InChI=1S/C15H24O4/c1-3-5-6-10-14(17)12-15(18)19-11-8-7-9-13(16)4-2/h3-4,14,17H,1-2,5-12H2. The lowest BCUT2D eigenvalue weighted by atomic mass is 10.1. The molecular formula is C15H24O4. The van der Waals surface area contributed by atoms with Crippen LogP contribution in [0.5, 0.6) is 0 Å². The molecule has 0 spiro atoms. The molecule has 0 aliphatic heterocycles. The van der Waals surface area contributed by atoms with Crippen molar-refractivity contribution in [3.05, 3.63) is 25.3 Å². The molecule has 4 nitrogen and oxygen atoms in total. The Bertz CT molecular complexity index is 297. The Hall–Kier alpha value is -1.42. The van der Waals surface area contributed by atoms with E-state index in [-0.39, 0.29) is 18.2 Å². The van der Waals surface area contributed by atoms with Gasteiger partial charge in [0.25, 0.3) is 0 Å². The number of aliphatic hydroxyl groups excluding tert-OH is 1. The maximum absolute atomic E-state index is 11.4. The summed E-state index contributed by atoms with van der Waals surface area (Å²) in [4.78, 5) is 22.3. The number of carbonyl (C=O) groups is 2. The minimum Gasteiger partial charge on any atom is -0.466 e. The van der Waals surface area contributed by atoms with E-state index in [0.29, 0.717) is 32.3 Å². The fourth-order valence-electron chi connectivity index (χ4n) is 1.54. The second kappa shape index (κ2) is 11.7. The molecule has 0 aliphatic rings. The van der Waals surface area contributed by atoms with Crippen molar-refractivity contribution < 1.29 is 19.4 Å². The van der Waals surface area contributed by atoms with E-state index >= 15 is 0 Å². The first kappa shape index (κ1) is 17.6. The van der Waals surface area contributed by atoms with Crippen LogP contribution in [0.15, 0.2) is 25.3 Å². The highest BCUT2D eigenvalue weighted by atomic mass is 16.5. The molecule has 0 fully saturated rings. The Kier molecular flexibility index (Phi) is 10.8. The predicted octanol–water partition coefficient (Wildman–Crippen LogP) is 2.56. The number of hydrogen-bond acceptors (Lipinski definition) is 4. The Balaban J connectivity index is 3.50. The maximum Gasteiger partial charge on any atom is 0.308 e. The summed E-state index contributed by atoms with van der Waals surface area (Å²) in [5, 5.41) is 9.56. The van der Waals surface area contributed by atoms with Crippen LogP contribution < -0.4 is 0 Å². The minimum atomic E-state index is -0.644. The van der Waals surface area contributed by atoms with Crippen LogP contribution in [-0.4, -0.2) is 29.6 Å². The Labute approximate surface area is 115 Å². The van der Waals surface area contributed by atoms with Gasteiger partial charge in [-0.05, 0) is 38.2 Å². The average molecular weight is 268 g/mol. The first-order valence-electron chi connectivity index (χ1n) is 6.70. The van der Waals surface area contributed by atoms with Gasteiger partial charge in [-0.15, -0.1) is 6.58 Å². The number of hydrogen-bond donors (Lipinski definition) is 1. The number of aliphatic hydroxyl groups is 1. The molecule has 0 amide bonds. The summed E-state index contributed by atoms with van der Waals surface area (Å²) in [5.41, 5.74) is 0. The minimum absolute atomic E-state index is 0.00367. The van der Waals surface area contributed by atoms with Crippen LogP contribution in [0.4, 0.5) is 0 Å². The van der Waals surface area contributed by atoms with E-state index < -0.39 is 6.10 Å². The molecule has 0 radical (unpaired) electrons. The van der Waals surface area contributed by atoms with Crippen LogP contribution in [-0.2, 0) is 14.3 Å². The monoisotopic (exact) mass is 268 g/mol. The van der Waals surface area contributed by atoms with Gasteiger partial charge in [0.05, 0.1) is 19.1 Å². The molecule has 0 heterocycles. The first-order valence-corrected chi connectivity index (χ1v) is 6.70. The third-order valence-corrected chi connectivity index (χ3v) is 2.66. The number of allylic oxidation sites excluding steroid dienone is 2. The molecule has 19 heavy (non-hydrogen) atoms. The molecule has 4 heteroatoms. The van der Waals surface area contributed by atoms with E-state index in [1.165, 1.54) is 6.08 Å². The van der Waals surface area contributed by atoms with Crippen molar-refractivity contribution in [2.24, 2.45) is 0 Å². The highest BCUT2D eigenvalue weighted by molar-refractivity contribution is 5.88. The predicted molar refractivity (Wildman–Crippen MR) is 74.7 cm³/mol. The molecule has 0 aromatic carbocycles. The van der Waals surface area contributed by atoms with Crippen molar-refractivity contribution in [3.63, 3.8) is 0 Å². The molecule has 0 bridgehead atoms. The second-order valence-corrected chi connectivity index (χ2v) is 4.43. The molecule has 0 aliphatic carbocycles.